The fourth-order valence-corrected chi connectivity index (χ4v) is 1.86. The van der Waals surface area contributed by atoms with Gasteiger partial charge in [0.25, 0.3) is 5.69 Å². The van der Waals surface area contributed by atoms with E-state index >= 15 is 0 Å². The highest BCUT2D eigenvalue weighted by molar-refractivity contribution is 6.37. The van der Waals surface area contributed by atoms with Crippen LogP contribution in [0, 0.1) is 10.1 Å². The summed E-state index contributed by atoms with van der Waals surface area (Å²) in [6.07, 6.45) is 1.41. The average Bonchev–Trinajstić information content (AvgIpc) is 2.35. The second kappa shape index (κ2) is 5.29. The van der Waals surface area contributed by atoms with Crippen molar-refractivity contribution in [1.29, 1.82) is 0 Å². The summed E-state index contributed by atoms with van der Waals surface area (Å²) in [4.78, 5) is 14.0. The number of aromatic nitrogens is 1. The van der Waals surface area contributed by atoms with Crippen LogP contribution in [0.4, 0.5) is 11.4 Å². The Morgan fingerprint density at radius 2 is 1.89 bits per heavy atom. The van der Waals surface area contributed by atoms with E-state index in [0.29, 0.717) is 5.69 Å². The van der Waals surface area contributed by atoms with Crippen LogP contribution in [0.25, 0.3) is 0 Å². The molecule has 0 saturated heterocycles. The summed E-state index contributed by atoms with van der Waals surface area (Å²) in [7, 11) is 0. The zero-order valence-corrected chi connectivity index (χ0v) is 10.9. The van der Waals surface area contributed by atoms with Crippen molar-refractivity contribution < 1.29 is 9.66 Å². The van der Waals surface area contributed by atoms with Gasteiger partial charge in [0.05, 0.1) is 26.9 Å². The number of hydrogen-bond acceptors (Lipinski definition) is 5. The van der Waals surface area contributed by atoms with Gasteiger partial charge in [0.2, 0.25) is 5.88 Å². The van der Waals surface area contributed by atoms with Gasteiger partial charge >= 0.3 is 0 Å². The van der Waals surface area contributed by atoms with Crippen molar-refractivity contribution in [1.82, 2.24) is 4.98 Å². The molecule has 0 aliphatic rings. The fraction of sp³-hybridized carbons (Fsp3) is 0. The number of nitrogen functional groups attached to an aromatic ring is 1. The Balaban J connectivity index is 2.35. The third-order valence-electron chi connectivity index (χ3n) is 2.16. The van der Waals surface area contributed by atoms with Gasteiger partial charge in [0, 0.05) is 18.2 Å². The average molecular weight is 300 g/mol. The van der Waals surface area contributed by atoms with Crippen LogP contribution in [0.5, 0.6) is 11.6 Å². The van der Waals surface area contributed by atoms with E-state index in [4.69, 9.17) is 33.7 Å². The van der Waals surface area contributed by atoms with E-state index < -0.39 is 4.92 Å². The van der Waals surface area contributed by atoms with Crippen LogP contribution >= 0.6 is 23.2 Å². The molecule has 19 heavy (non-hydrogen) atoms. The minimum absolute atomic E-state index is 0.0258. The lowest BCUT2D eigenvalue weighted by Gasteiger charge is -2.08. The molecule has 2 rings (SSSR count). The van der Waals surface area contributed by atoms with Crippen molar-refractivity contribution in [2.45, 2.75) is 0 Å². The Hall–Kier alpha value is -2.05. The highest BCUT2D eigenvalue weighted by atomic mass is 35.5. The van der Waals surface area contributed by atoms with E-state index in [1.54, 1.807) is 6.07 Å². The van der Waals surface area contributed by atoms with Gasteiger partial charge in [-0.15, -0.1) is 0 Å². The number of nitro benzene ring substituents is 1. The number of rotatable bonds is 3. The first kappa shape index (κ1) is 13.4. The molecule has 0 radical (unpaired) electrons. The molecule has 8 heteroatoms. The zero-order chi connectivity index (χ0) is 14.0. The smallest absolute Gasteiger partial charge is 0.272 e. The molecule has 1 aromatic heterocycles. The number of nitrogens with two attached hydrogens (primary N) is 1. The normalized spacial score (nSPS) is 10.2. The number of nitro groups is 1. The second-order valence-corrected chi connectivity index (χ2v) is 4.34. The molecule has 6 nitrogen and oxygen atoms in total. The summed E-state index contributed by atoms with van der Waals surface area (Å²) in [5, 5.41) is 10.7. The van der Waals surface area contributed by atoms with Crippen molar-refractivity contribution in [3.63, 3.8) is 0 Å². The molecule has 0 aliphatic heterocycles. The molecule has 0 atom stereocenters. The molecule has 0 bridgehead atoms. The van der Waals surface area contributed by atoms with E-state index in [1.807, 2.05) is 0 Å². The van der Waals surface area contributed by atoms with Crippen molar-refractivity contribution in [2.75, 3.05) is 5.73 Å². The molecule has 0 unspecified atom stereocenters. The zero-order valence-electron chi connectivity index (χ0n) is 9.34. The maximum Gasteiger partial charge on any atom is 0.272 e. The summed E-state index contributed by atoms with van der Waals surface area (Å²) >= 11 is 11.8. The maximum atomic E-state index is 10.6. The quantitative estimate of drug-likeness (QED) is 0.689. The summed E-state index contributed by atoms with van der Waals surface area (Å²) in [5.74, 6) is 0.332. The van der Waals surface area contributed by atoms with Gasteiger partial charge in [-0.1, -0.05) is 23.2 Å². The maximum absolute atomic E-state index is 10.6. The number of benzene rings is 1. The van der Waals surface area contributed by atoms with Crippen LogP contribution < -0.4 is 10.5 Å². The third kappa shape index (κ3) is 3.04. The predicted molar refractivity (Wildman–Crippen MR) is 71.8 cm³/mol. The largest absolute Gasteiger partial charge is 0.436 e. The van der Waals surface area contributed by atoms with Crippen LogP contribution in [-0.2, 0) is 0 Å². The molecule has 0 fully saturated rings. The molecule has 1 heterocycles. The van der Waals surface area contributed by atoms with Crippen LogP contribution in [0.3, 0.4) is 0 Å². The van der Waals surface area contributed by atoms with E-state index in [1.165, 1.54) is 12.3 Å². The van der Waals surface area contributed by atoms with Gasteiger partial charge in [-0.2, -0.15) is 0 Å². The Morgan fingerprint density at radius 1 is 1.26 bits per heavy atom. The summed E-state index contributed by atoms with van der Waals surface area (Å²) in [5.41, 5.74) is 5.75. The van der Waals surface area contributed by atoms with E-state index in [2.05, 4.69) is 4.98 Å². The standard InChI is InChI=1S/C11H7Cl2N3O3/c12-8-3-7(16(17)18)4-9(13)11(8)19-10-2-1-6(14)5-15-10/h1-5H,14H2. The van der Waals surface area contributed by atoms with Gasteiger partial charge in [-0.25, -0.2) is 4.98 Å². The minimum atomic E-state index is -0.594. The Labute approximate surface area is 117 Å². The third-order valence-corrected chi connectivity index (χ3v) is 2.72. The lowest BCUT2D eigenvalue weighted by Crippen LogP contribution is -1.93. The second-order valence-electron chi connectivity index (χ2n) is 3.53. The molecule has 2 N–H and O–H groups in total. The number of halogens is 2. The van der Waals surface area contributed by atoms with Crippen LogP contribution in [0.15, 0.2) is 30.5 Å². The Morgan fingerprint density at radius 3 is 2.37 bits per heavy atom. The molecule has 1 aromatic carbocycles. The number of anilines is 1. The molecule has 0 aliphatic carbocycles. The molecular formula is C11H7Cl2N3O3. The first-order valence-electron chi connectivity index (χ1n) is 5.00. The van der Waals surface area contributed by atoms with Gasteiger partial charge in [0.15, 0.2) is 5.75 Å². The Kier molecular flexibility index (Phi) is 3.73. The summed E-state index contributed by atoms with van der Waals surface area (Å²) < 4.78 is 5.38. The number of nitrogens with zero attached hydrogens (tertiary/aromatic N) is 2. The van der Waals surface area contributed by atoms with Crippen molar-refractivity contribution in [3.05, 3.63) is 50.6 Å². The number of ether oxygens (including phenoxy) is 1. The minimum Gasteiger partial charge on any atom is -0.436 e. The molecular weight excluding hydrogens is 293 g/mol. The number of non-ortho nitro benzene ring substituents is 1. The lowest BCUT2D eigenvalue weighted by atomic mass is 10.3. The molecule has 2 aromatic rings. The van der Waals surface area contributed by atoms with Crippen molar-refractivity contribution >= 4 is 34.6 Å². The monoisotopic (exact) mass is 299 g/mol. The molecule has 0 saturated carbocycles. The van der Waals surface area contributed by atoms with E-state index in [9.17, 15) is 10.1 Å². The van der Waals surface area contributed by atoms with Gasteiger partial charge in [-0.05, 0) is 6.07 Å². The van der Waals surface area contributed by atoms with Crippen molar-refractivity contribution in [2.24, 2.45) is 0 Å². The van der Waals surface area contributed by atoms with E-state index in [-0.39, 0.29) is 27.4 Å². The molecule has 0 spiro atoms. The fourth-order valence-electron chi connectivity index (χ4n) is 1.31. The van der Waals surface area contributed by atoms with Crippen molar-refractivity contribution in [3.8, 4) is 11.6 Å². The Bertz CT molecular complexity index is 609. The summed E-state index contributed by atoms with van der Waals surface area (Å²) in [6, 6.07) is 5.43. The highest BCUT2D eigenvalue weighted by Gasteiger charge is 2.16. The lowest BCUT2D eigenvalue weighted by molar-refractivity contribution is -0.384. The van der Waals surface area contributed by atoms with Gasteiger partial charge in [-0.3, -0.25) is 10.1 Å². The number of pyridine rings is 1. The topological polar surface area (TPSA) is 91.3 Å². The highest BCUT2D eigenvalue weighted by Crippen LogP contribution is 2.38. The van der Waals surface area contributed by atoms with Gasteiger partial charge in [0.1, 0.15) is 0 Å². The first-order chi connectivity index (χ1) is 8.97. The van der Waals surface area contributed by atoms with E-state index in [0.717, 1.165) is 12.1 Å². The molecule has 0 amide bonds. The number of hydrogen-bond donors (Lipinski definition) is 1. The van der Waals surface area contributed by atoms with Crippen LogP contribution in [0.2, 0.25) is 10.0 Å². The molecule has 98 valence electrons. The first-order valence-corrected chi connectivity index (χ1v) is 5.76. The predicted octanol–water partition coefficient (Wildman–Crippen LogP) is 3.67. The summed E-state index contributed by atoms with van der Waals surface area (Å²) in [6.45, 7) is 0. The van der Waals surface area contributed by atoms with Gasteiger partial charge < -0.3 is 10.5 Å². The van der Waals surface area contributed by atoms with Crippen LogP contribution in [-0.4, -0.2) is 9.91 Å². The SMILES string of the molecule is Nc1ccc(Oc2c(Cl)cc([N+](=O)[O-])cc2Cl)nc1. The van der Waals surface area contributed by atoms with Crippen LogP contribution in [0.1, 0.15) is 0 Å².